The molecule has 0 aliphatic carbocycles. The molecule has 0 bridgehead atoms. The highest BCUT2D eigenvalue weighted by Gasteiger charge is 2.06. The number of hydrogen-bond acceptors (Lipinski definition) is 1. The quantitative estimate of drug-likeness (QED) is 0.579. The molecule has 0 rings (SSSR count). The predicted molar refractivity (Wildman–Crippen MR) is 46.6 cm³/mol. The Hall–Kier alpha value is -0.590. The fourth-order valence-electron chi connectivity index (χ4n) is 0.998. The van der Waals surface area contributed by atoms with Crippen molar-refractivity contribution >= 4 is 5.71 Å². The van der Waals surface area contributed by atoms with Crippen molar-refractivity contribution in [1.82, 2.24) is 0 Å². The van der Waals surface area contributed by atoms with Crippen molar-refractivity contribution in [2.45, 2.75) is 33.6 Å². The lowest BCUT2D eigenvalue weighted by molar-refractivity contribution is 0.663. The van der Waals surface area contributed by atoms with Crippen molar-refractivity contribution < 1.29 is 0 Å². The van der Waals surface area contributed by atoms with Crippen molar-refractivity contribution in [2.24, 2.45) is 5.92 Å². The van der Waals surface area contributed by atoms with Gasteiger partial charge in [0.25, 0.3) is 0 Å². The number of rotatable bonds is 4. The molecule has 0 aromatic heterocycles. The Bertz CT molecular complexity index is 136. The third-order valence-electron chi connectivity index (χ3n) is 1.67. The summed E-state index contributed by atoms with van der Waals surface area (Å²) < 4.78 is 0. The van der Waals surface area contributed by atoms with E-state index in [0.29, 0.717) is 11.6 Å². The third-order valence-corrected chi connectivity index (χ3v) is 1.67. The second-order valence-corrected chi connectivity index (χ2v) is 2.88. The van der Waals surface area contributed by atoms with E-state index in [1.54, 1.807) is 0 Å². The minimum Gasteiger partial charge on any atom is -0.305 e. The van der Waals surface area contributed by atoms with Crippen LogP contribution in [0.5, 0.6) is 0 Å². The lowest BCUT2D eigenvalue weighted by atomic mass is 9.96. The molecule has 0 saturated heterocycles. The van der Waals surface area contributed by atoms with Crippen LogP contribution in [0.25, 0.3) is 0 Å². The molecule has 0 aromatic carbocycles. The summed E-state index contributed by atoms with van der Waals surface area (Å²) in [5, 5.41) is 7.55. The smallest absolute Gasteiger partial charge is 0.0365 e. The summed E-state index contributed by atoms with van der Waals surface area (Å²) in [4.78, 5) is 0. The third kappa shape index (κ3) is 2.81. The average Bonchev–Trinajstić information content (AvgIpc) is 1.87. The zero-order valence-corrected chi connectivity index (χ0v) is 7.20. The standard InChI is InChI=1S/C9H17N/c1-5-6-8(4)9(10)7(2)3/h8,10H,2,5-6H2,1,3-4H3. The molecular formula is C9H17N. The van der Waals surface area contributed by atoms with Gasteiger partial charge >= 0.3 is 0 Å². The van der Waals surface area contributed by atoms with E-state index >= 15 is 0 Å². The zero-order chi connectivity index (χ0) is 8.15. The van der Waals surface area contributed by atoms with Crippen LogP contribution in [0.4, 0.5) is 0 Å². The minimum atomic E-state index is 0.391. The van der Waals surface area contributed by atoms with Gasteiger partial charge in [-0.15, -0.1) is 0 Å². The van der Waals surface area contributed by atoms with Gasteiger partial charge in [0.15, 0.2) is 0 Å². The van der Waals surface area contributed by atoms with Crippen molar-refractivity contribution in [3.05, 3.63) is 12.2 Å². The summed E-state index contributed by atoms with van der Waals surface area (Å²) in [5.74, 6) is 0.391. The van der Waals surface area contributed by atoms with Crippen LogP contribution in [0.1, 0.15) is 33.6 Å². The summed E-state index contributed by atoms with van der Waals surface area (Å²) >= 11 is 0. The van der Waals surface area contributed by atoms with Gasteiger partial charge in [-0.25, -0.2) is 0 Å². The van der Waals surface area contributed by atoms with Crippen LogP contribution in [0.3, 0.4) is 0 Å². The molecule has 0 aliphatic heterocycles. The summed E-state index contributed by atoms with van der Waals surface area (Å²) in [6.45, 7) is 9.86. The van der Waals surface area contributed by atoms with E-state index < -0.39 is 0 Å². The minimum absolute atomic E-state index is 0.391. The van der Waals surface area contributed by atoms with Crippen LogP contribution in [0, 0.1) is 11.3 Å². The topological polar surface area (TPSA) is 23.9 Å². The van der Waals surface area contributed by atoms with Gasteiger partial charge < -0.3 is 5.41 Å². The van der Waals surface area contributed by atoms with Crippen LogP contribution in [0.15, 0.2) is 12.2 Å². The first-order valence-electron chi connectivity index (χ1n) is 3.83. The molecule has 0 fully saturated rings. The Kier molecular flexibility index (Phi) is 4.01. The van der Waals surface area contributed by atoms with Crippen LogP contribution >= 0.6 is 0 Å². The zero-order valence-electron chi connectivity index (χ0n) is 7.20. The first-order valence-corrected chi connectivity index (χ1v) is 3.83. The van der Waals surface area contributed by atoms with Crippen LogP contribution in [-0.2, 0) is 0 Å². The monoisotopic (exact) mass is 139 g/mol. The summed E-state index contributed by atoms with van der Waals surface area (Å²) in [6.07, 6.45) is 2.25. The average molecular weight is 139 g/mol. The van der Waals surface area contributed by atoms with Gasteiger partial charge in [0, 0.05) is 5.71 Å². The van der Waals surface area contributed by atoms with E-state index in [2.05, 4.69) is 20.4 Å². The normalized spacial score (nSPS) is 12.7. The Morgan fingerprint density at radius 2 is 2.10 bits per heavy atom. The number of nitrogens with one attached hydrogen (secondary N) is 1. The first-order chi connectivity index (χ1) is 4.59. The van der Waals surface area contributed by atoms with E-state index in [4.69, 9.17) is 5.41 Å². The van der Waals surface area contributed by atoms with Crippen molar-refractivity contribution in [3.8, 4) is 0 Å². The second-order valence-electron chi connectivity index (χ2n) is 2.88. The largest absolute Gasteiger partial charge is 0.305 e. The molecule has 0 spiro atoms. The van der Waals surface area contributed by atoms with Crippen molar-refractivity contribution in [1.29, 1.82) is 5.41 Å². The van der Waals surface area contributed by atoms with Gasteiger partial charge in [0.05, 0.1) is 0 Å². The Balaban J connectivity index is 3.82. The highest BCUT2D eigenvalue weighted by molar-refractivity contribution is 5.98. The SMILES string of the molecule is C=C(C)C(=N)C(C)CCC. The lowest BCUT2D eigenvalue weighted by Gasteiger charge is -2.10. The molecule has 0 radical (unpaired) electrons. The van der Waals surface area contributed by atoms with Crippen LogP contribution < -0.4 is 0 Å². The highest BCUT2D eigenvalue weighted by atomic mass is 14.4. The molecule has 58 valence electrons. The van der Waals surface area contributed by atoms with Crippen LogP contribution in [0.2, 0.25) is 0 Å². The fourth-order valence-corrected chi connectivity index (χ4v) is 0.998. The van der Waals surface area contributed by atoms with E-state index in [1.165, 1.54) is 0 Å². The maximum Gasteiger partial charge on any atom is 0.0365 e. The number of allylic oxidation sites excluding steroid dienone is 1. The fraction of sp³-hybridized carbons (Fsp3) is 0.667. The van der Waals surface area contributed by atoms with Gasteiger partial charge in [-0.1, -0.05) is 26.8 Å². The molecule has 1 heteroatoms. The molecule has 0 amide bonds. The molecule has 0 saturated carbocycles. The lowest BCUT2D eigenvalue weighted by Crippen LogP contribution is -2.09. The van der Waals surface area contributed by atoms with Gasteiger partial charge in [0.2, 0.25) is 0 Å². The molecule has 0 aromatic rings. The molecule has 0 aliphatic rings. The molecule has 0 heterocycles. The molecule has 1 nitrogen and oxygen atoms in total. The predicted octanol–water partition coefficient (Wildman–Crippen LogP) is 3.02. The molecule has 1 atom stereocenters. The number of hydrogen-bond donors (Lipinski definition) is 1. The van der Waals surface area contributed by atoms with Gasteiger partial charge in [0.1, 0.15) is 0 Å². The molecule has 1 unspecified atom stereocenters. The van der Waals surface area contributed by atoms with Gasteiger partial charge in [-0.2, -0.15) is 0 Å². The second kappa shape index (κ2) is 4.26. The Morgan fingerprint density at radius 1 is 1.60 bits per heavy atom. The highest BCUT2D eigenvalue weighted by Crippen LogP contribution is 2.10. The van der Waals surface area contributed by atoms with E-state index in [0.717, 1.165) is 18.4 Å². The Labute approximate surface area is 63.7 Å². The summed E-state index contributed by atoms with van der Waals surface area (Å²) in [7, 11) is 0. The maximum absolute atomic E-state index is 7.55. The van der Waals surface area contributed by atoms with E-state index in [1.807, 2.05) is 6.92 Å². The summed E-state index contributed by atoms with van der Waals surface area (Å²) in [6, 6.07) is 0. The molecular weight excluding hydrogens is 122 g/mol. The maximum atomic E-state index is 7.55. The van der Waals surface area contributed by atoms with Crippen LogP contribution in [-0.4, -0.2) is 5.71 Å². The Morgan fingerprint density at radius 3 is 2.40 bits per heavy atom. The molecule has 10 heavy (non-hydrogen) atoms. The van der Waals surface area contributed by atoms with E-state index in [-0.39, 0.29) is 0 Å². The van der Waals surface area contributed by atoms with Gasteiger partial charge in [-0.05, 0) is 24.8 Å². The van der Waals surface area contributed by atoms with E-state index in [9.17, 15) is 0 Å². The van der Waals surface area contributed by atoms with Crippen molar-refractivity contribution in [3.63, 3.8) is 0 Å². The molecule has 1 N–H and O–H groups in total. The van der Waals surface area contributed by atoms with Gasteiger partial charge in [-0.3, -0.25) is 0 Å². The first kappa shape index (κ1) is 9.41. The van der Waals surface area contributed by atoms with Crippen molar-refractivity contribution in [2.75, 3.05) is 0 Å². The summed E-state index contributed by atoms with van der Waals surface area (Å²) in [5.41, 5.74) is 1.61.